The minimum atomic E-state index is -0.250. The van der Waals surface area contributed by atoms with Crippen molar-refractivity contribution in [2.45, 2.75) is 45.3 Å². The summed E-state index contributed by atoms with van der Waals surface area (Å²) in [4.78, 5) is 0. The molecule has 0 aromatic heterocycles. The van der Waals surface area contributed by atoms with Crippen molar-refractivity contribution in [1.82, 2.24) is 5.32 Å². The zero-order valence-corrected chi connectivity index (χ0v) is 12.6. The molecule has 2 nitrogen and oxygen atoms in total. The fourth-order valence-corrected chi connectivity index (χ4v) is 2.36. The summed E-state index contributed by atoms with van der Waals surface area (Å²) in [5.41, 5.74) is 0.860. The van der Waals surface area contributed by atoms with Crippen molar-refractivity contribution in [2.24, 2.45) is 0 Å². The first-order valence-electron chi connectivity index (χ1n) is 6.62. The minimum Gasteiger partial charge on any atom is -0.377 e. The number of benzene rings is 1. The van der Waals surface area contributed by atoms with Crippen molar-refractivity contribution in [3.63, 3.8) is 0 Å². The topological polar surface area (TPSA) is 21.3 Å². The van der Waals surface area contributed by atoms with E-state index in [1.165, 1.54) is 0 Å². The molecule has 0 aliphatic carbocycles. The van der Waals surface area contributed by atoms with Crippen LogP contribution >= 0.6 is 11.6 Å². The molecule has 0 heterocycles. The molecule has 0 amide bonds. The van der Waals surface area contributed by atoms with Crippen molar-refractivity contribution < 1.29 is 4.74 Å². The molecule has 0 fully saturated rings. The van der Waals surface area contributed by atoms with Crippen LogP contribution in [0.2, 0.25) is 5.02 Å². The van der Waals surface area contributed by atoms with E-state index < -0.39 is 0 Å². The van der Waals surface area contributed by atoms with Gasteiger partial charge in [-0.05, 0) is 37.9 Å². The maximum absolute atomic E-state index is 6.32. The van der Waals surface area contributed by atoms with Crippen molar-refractivity contribution >= 4 is 11.6 Å². The van der Waals surface area contributed by atoms with Crippen molar-refractivity contribution in [1.29, 1.82) is 0 Å². The maximum Gasteiger partial charge on any atom is 0.0842 e. The molecular formula is C15H24ClNO. The molecule has 1 rings (SSSR count). The lowest BCUT2D eigenvalue weighted by Gasteiger charge is -2.37. The standard InChI is InChI=1S/C15H24ClNO/c1-5-11-17-14(15(3,6-2)18-4)12-9-7-8-10-13(12)16/h7-10,14,17H,5-6,11H2,1-4H3. The van der Waals surface area contributed by atoms with Crippen LogP contribution in [0.4, 0.5) is 0 Å². The zero-order chi connectivity index (χ0) is 13.6. The first-order chi connectivity index (χ1) is 8.59. The Kier molecular flexibility index (Phi) is 6.13. The van der Waals surface area contributed by atoms with Crippen molar-refractivity contribution in [3.05, 3.63) is 34.9 Å². The molecule has 102 valence electrons. The van der Waals surface area contributed by atoms with Crippen LogP contribution in [0.5, 0.6) is 0 Å². The summed E-state index contributed by atoms with van der Waals surface area (Å²) in [6.45, 7) is 7.38. The Bertz CT molecular complexity index is 363. The van der Waals surface area contributed by atoms with E-state index in [0.717, 1.165) is 30.0 Å². The Hall–Kier alpha value is -0.570. The Morgan fingerprint density at radius 1 is 1.33 bits per heavy atom. The fraction of sp³-hybridized carbons (Fsp3) is 0.600. The average molecular weight is 270 g/mol. The molecule has 2 unspecified atom stereocenters. The van der Waals surface area contributed by atoms with Gasteiger partial charge in [0.2, 0.25) is 0 Å². The van der Waals surface area contributed by atoms with Crippen molar-refractivity contribution in [3.8, 4) is 0 Å². The zero-order valence-electron chi connectivity index (χ0n) is 11.8. The predicted molar refractivity (Wildman–Crippen MR) is 78.2 cm³/mol. The molecular weight excluding hydrogens is 246 g/mol. The monoisotopic (exact) mass is 269 g/mol. The van der Waals surface area contributed by atoms with Gasteiger partial charge >= 0.3 is 0 Å². The highest BCUT2D eigenvalue weighted by Gasteiger charge is 2.34. The molecule has 0 aliphatic heterocycles. The van der Waals surface area contributed by atoms with Gasteiger partial charge in [0.15, 0.2) is 0 Å². The molecule has 1 aromatic carbocycles. The van der Waals surface area contributed by atoms with E-state index in [-0.39, 0.29) is 11.6 Å². The number of ether oxygens (including phenoxy) is 1. The minimum absolute atomic E-state index is 0.112. The second-order valence-corrected chi connectivity index (χ2v) is 5.19. The van der Waals surface area contributed by atoms with Gasteiger partial charge in [0.25, 0.3) is 0 Å². The van der Waals surface area contributed by atoms with Crippen LogP contribution in [0.25, 0.3) is 0 Å². The summed E-state index contributed by atoms with van der Waals surface area (Å²) in [5.74, 6) is 0. The lowest BCUT2D eigenvalue weighted by molar-refractivity contribution is -0.0299. The normalized spacial score (nSPS) is 16.3. The lowest BCUT2D eigenvalue weighted by atomic mass is 9.87. The second-order valence-electron chi connectivity index (χ2n) is 4.78. The predicted octanol–water partition coefficient (Wildman–Crippen LogP) is 4.20. The highest BCUT2D eigenvalue weighted by Crippen LogP contribution is 2.35. The van der Waals surface area contributed by atoms with Gasteiger partial charge in [0.1, 0.15) is 0 Å². The summed E-state index contributed by atoms with van der Waals surface area (Å²) in [6.07, 6.45) is 2.01. The molecule has 0 radical (unpaired) electrons. The van der Waals surface area contributed by atoms with Gasteiger partial charge in [-0.2, -0.15) is 0 Å². The average Bonchev–Trinajstić information content (AvgIpc) is 2.40. The van der Waals surface area contributed by atoms with Gasteiger partial charge in [-0.25, -0.2) is 0 Å². The molecule has 1 N–H and O–H groups in total. The summed E-state index contributed by atoms with van der Waals surface area (Å²) in [5, 5.41) is 4.35. The van der Waals surface area contributed by atoms with Crippen LogP contribution in [0, 0.1) is 0 Å². The van der Waals surface area contributed by atoms with Crippen LogP contribution < -0.4 is 5.32 Å². The molecule has 3 heteroatoms. The van der Waals surface area contributed by atoms with Gasteiger partial charge in [0.05, 0.1) is 11.6 Å². The molecule has 0 saturated heterocycles. The molecule has 0 bridgehead atoms. The Balaban J connectivity index is 3.09. The maximum atomic E-state index is 6.32. The smallest absolute Gasteiger partial charge is 0.0842 e. The molecule has 1 aromatic rings. The van der Waals surface area contributed by atoms with E-state index in [9.17, 15) is 0 Å². The van der Waals surface area contributed by atoms with Gasteiger partial charge in [-0.3, -0.25) is 0 Å². The molecule has 18 heavy (non-hydrogen) atoms. The quantitative estimate of drug-likeness (QED) is 0.801. The van der Waals surface area contributed by atoms with E-state index in [1.807, 2.05) is 18.2 Å². The molecule has 2 atom stereocenters. The fourth-order valence-electron chi connectivity index (χ4n) is 2.12. The molecule has 0 spiro atoms. The van der Waals surface area contributed by atoms with Gasteiger partial charge in [0, 0.05) is 12.1 Å². The highest BCUT2D eigenvalue weighted by molar-refractivity contribution is 6.31. The number of methoxy groups -OCH3 is 1. The SMILES string of the molecule is CCCNC(c1ccccc1Cl)C(C)(CC)OC. The number of hydrogen-bond acceptors (Lipinski definition) is 2. The number of halogens is 1. The third-order valence-electron chi connectivity index (χ3n) is 3.59. The van der Waals surface area contributed by atoms with Gasteiger partial charge in [-0.1, -0.05) is 43.6 Å². The van der Waals surface area contributed by atoms with E-state index >= 15 is 0 Å². The van der Waals surface area contributed by atoms with E-state index in [0.29, 0.717) is 0 Å². The molecule has 0 saturated carbocycles. The van der Waals surface area contributed by atoms with Crippen LogP contribution in [-0.4, -0.2) is 19.3 Å². The second kappa shape index (κ2) is 7.13. The summed E-state index contributed by atoms with van der Waals surface area (Å²) >= 11 is 6.32. The third kappa shape index (κ3) is 3.47. The number of rotatable bonds is 7. The van der Waals surface area contributed by atoms with Crippen molar-refractivity contribution in [2.75, 3.05) is 13.7 Å². The van der Waals surface area contributed by atoms with Crippen LogP contribution in [0.15, 0.2) is 24.3 Å². The lowest BCUT2D eigenvalue weighted by Crippen LogP contribution is -2.43. The first-order valence-corrected chi connectivity index (χ1v) is 6.99. The van der Waals surface area contributed by atoms with Crippen LogP contribution in [-0.2, 0) is 4.74 Å². The van der Waals surface area contributed by atoms with Crippen LogP contribution in [0.3, 0.4) is 0 Å². The van der Waals surface area contributed by atoms with Crippen LogP contribution in [0.1, 0.15) is 45.2 Å². The summed E-state index contributed by atoms with van der Waals surface area (Å²) in [6, 6.07) is 8.10. The summed E-state index contributed by atoms with van der Waals surface area (Å²) in [7, 11) is 1.76. The van der Waals surface area contributed by atoms with E-state index in [2.05, 4.69) is 32.2 Å². The number of nitrogens with one attached hydrogen (secondary N) is 1. The molecule has 0 aliphatic rings. The summed E-state index contributed by atoms with van der Waals surface area (Å²) < 4.78 is 5.73. The van der Waals surface area contributed by atoms with Gasteiger partial charge < -0.3 is 10.1 Å². The first kappa shape index (κ1) is 15.5. The van der Waals surface area contributed by atoms with Gasteiger partial charge in [-0.15, -0.1) is 0 Å². The largest absolute Gasteiger partial charge is 0.377 e. The Morgan fingerprint density at radius 3 is 2.50 bits per heavy atom. The van der Waals surface area contributed by atoms with E-state index in [4.69, 9.17) is 16.3 Å². The number of hydrogen-bond donors (Lipinski definition) is 1. The Labute approximate surface area is 116 Å². The Morgan fingerprint density at radius 2 is 2.00 bits per heavy atom. The third-order valence-corrected chi connectivity index (χ3v) is 3.94. The van der Waals surface area contributed by atoms with E-state index in [1.54, 1.807) is 7.11 Å². The highest BCUT2D eigenvalue weighted by atomic mass is 35.5.